The highest BCUT2D eigenvalue weighted by Crippen LogP contribution is 2.43. The molecule has 6 heteroatoms. The Bertz CT molecular complexity index is 1200. The maximum atomic E-state index is 14.0. The van der Waals surface area contributed by atoms with Gasteiger partial charge in [0.1, 0.15) is 5.82 Å². The molecule has 1 aromatic heterocycles. The number of nitrogens with zero attached hydrogens (tertiary/aromatic N) is 2. The van der Waals surface area contributed by atoms with Gasteiger partial charge >= 0.3 is 0 Å². The molecule has 0 spiro atoms. The minimum absolute atomic E-state index is 0.0323. The van der Waals surface area contributed by atoms with E-state index in [1.807, 2.05) is 0 Å². The van der Waals surface area contributed by atoms with Gasteiger partial charge in [-0.1, -0.05) is 65.0 Å². The number of hydrogen-bond acceptors (Lipinski definition) is 6. The molecule has 5 rings (SSSR count). The summed E-state index contributed by atoms with van der Waals surface area (Å²) < 4.78 is 12.7. The monoisotopic (exact) mass is 575 g/mol. The summed E-state index contributed by atoms with van der Waals surface area (Å²) in [5.74, 6) is 1.38. The van der Waals surface area contributed by atoms with Crippen LogP contribution in [0, 0.1) is 10.8 Å². The van der Waals surface area contributed by atoms with Crippen molar-refractivity contribution in [1.29, 1.82) is 0 Å². The summed E-state index contributed by atoms with van der Waals surface area (Å²) in [6, 6.07) is 12.7. The van der Waals surface area contributed by atoms with Gasteiger partial charge in [-0.05, 0) is 85.0 Å². The first-order valence-corrected chi connectivity index (χ1v) is 16.4. The van der Waals surface area contributed by atoms with Crippen LogP contribution in [-0.2, 0) is 27.1 Å². The molecule has 2 aromatic rings. The lowest BCUT2D eigenvalue weighted by molar-refractivity contribution is -0.126. The number of ketones is 1. The van der Waals surface area contributed by atoms with Crippen LogP contribution < -0.4 is 5.32 Å². The van der Waals surface area contributed by atoms with Gasteiger partial charge in [0.25, 0.3) is 0 Å². The van der Waals surface area contributed by atoms with Crippen LogP contribution in [0.5, 0.6) is 0 Å². The molecule has 3 atom stereocenters. The van der Waals surface area contributed by atoms with Crippen LogP contribution >= 0.6 is 0 Å². The number of anilines is 1. The zero-order valence-corrected chi connectivity index (χ0v) is 26.7. The lowest BCUT2D eigenvalue weighted by Gasteiger charge is -2.38. The Balaban J connectivity index is 1.20. The highest BCUT2D eigenvalue weighted by molar-refractivity contribution is 5.86. The van der Waals surface area contributed by atoms with Crippen molar-refractivity contribution in [2.75, 3.05) is 38.2 Å². The Kier molecular flexibility index (Phi) is 10.1. The topological polar surface area (TPSA) is 63.7 Å². The maximum absolute atomic E-state index is 14.0. The van der Waals surface area contributed by atoms with Crippen LogP contribution in [0.15, 0.2) is 36.4 Å². The van der Waals surface area contributed by atoms with E-state index in [1.165, 1.54) is 23.2 Å². The number of aromatic nitrogens is 1. The number of aryl methyl sites for hydroxylation is 2. The van der Waals surface area contributed by atoms with Gasteiger partial charge < -0.3 is 14.8 Å². The Labute approximate surface area is 254 Å². The molecule has 0 saturated carbocycles. The fraction of sp³-hybridized carbons (Fsp3) is 0.667. The number of nitrogens with one attached hydrogen (secondary N) is 1. The predicted octanol–water partition coefficient (Wildman–Crippen LogP) is 7.48. The molecule has 230 valence electrons. The molecule has 3 aliphatic heterocycles. The number of benzene rings is 1. The SMILES string of the molecule is CC(C)(C)CC(=O)C(c1ccccc1C1CC(C)(C)CCO1)N1CC[C@@H](OCCCCc2ccc3c(n2)NCCC3)C1. The lowest BCUT2D eigenvalue weighted by Crippen LogP contribution is -2.36. The molecule has 0 bridgehead atoms. The summed E-state index contributed by atoms with van der Waals surface area (Å²) in [6.07, 6.45) is 9.16. The van der Waals surface area contributed by atoms with E-state index in [4.69, 9.17) is 14.5 Å². The van der Waals surface area contributed by atoms with Gasteiger partial charge in [0.15, 0.2) is 5.78 Å². The molecule has 1 N–H and O–H groups in total. The summed E-state index contributed by atoms with van der Waals surface area (Å²) >= 11 is 0. The fourth-order valence-electron chi connectivity index (χ4n) is 6.88. The van der Waals surface area contributed by atoms with Gasteiger partial charge in [0.05, 0.1) is 18.2 Å². The van der Waals surface area contributed by atoms with E-state index >= 15 is 0 Å². The molecule has 0 radical (unpaired) electrons. The van der Waals surface area contributed by atoms with Crippen molar-refractivity contribution < 1.29 is 14.3 Å². The number of fused-ring (bicyclic) bond motifs is 1. The normalized spacial score (nSPS) is 23.3. The van der Waals surface area contributed by atoms with Crippen molar-refractivity contribution in [3.63, 3.8) is 0 Å². The first-order chi connectivity index (χ1) is 20.1. The number of rotatable bonds is 11. The van der Waals surface area contributed by atoms with Gasteiger partial charge in [-0.25, -0.2) is 4.98 Å². The first kappa shape index (κ1) is 31.2. The molecule has 0 aliphatic carbocycles. The molecular formula is C36H53N3O3. The van der Waals surface area contributed by atoms with Crippen LogP contribution in [0.1, 0.15) is 114 Å². The van der Waals surface area contributed by atoms with Crippen LogP contribution in [0.2, 0.25) is 0 Å². The van der Waals surface area contributed by atoms with E-state index < -0.39 is 0 Å². The van der Waals surface area contributed by atoms with Gasteiger partial charge in [0, 0.05) is 45.0 Å². The number of unbranched alkanes of at least 4 members (excludes halogenated alkanes) is 1. The summed E-state index contributed by atoms with van der Waals surface area (Å²) in [6.45, 7) is 15.4. The third-order valence-corrected chi connectivity index (χ3v) is 9.16. The molecule has 2 fully saturated rings. The molecule has 42 heavy (non-hydrogen) atoms. The Hall–Kier alpha value is -2.28. The van der Waals surface area contributed by atoms with Crippen molar-refractivity contribution in [1.82, 2.24) is 9.88 Å². The van der Waals surface area contributed by atoms with Crippen molar-refractivity contribution in [3.8, 4) is 0 Å². The summed E-state index contributed by atoms with van der Waals surface area (Å²) in [5, 5.41) is 3.44. The second kappa shape index (κ2) is 13.6. The molecule has 3 aliphatic rings. The molecule has 2 unspecified atom stereocenters. The van der Waals surface area contributed by atoms with Gasteiger partial charge in [-0.15, -0.1) is 0 Å². The first-order valence-electron chi connectivity index (χ1n) is 16.4. The zero-order valence-electron chi connectivity index (χ0n) is 26.7. The largest absolute Gasteiger partial charge is 0.377 e. The number of likely N-dealkylation sites (tertiary alicyclic amines) is 1. The predicted molar refractivity (Wildman–Crippen MR) is 170 cm³/mol. The Morgan fingerprint density at radius 2 is 2.02 bits per heavy atom. The van der Waals surface area contributed by atoms with Crippen molar-refractivity contribution in [3.05, 3.63) is 58.8 Å². The summed E-state index contributed by atoms with van der Waals surface area (Å²) in [5.41, 5.74) is 5.00. The van der Waals surface area contributed by atoms with E-state index in [0.717, 1.165) is 89.2 Å². The lowest BCUT2D eigenvalue weighted by atomic mass is 9.78. The number of Topliss-reactive ketones (excluding diaryl/α,β-unsaturated/α-hetero) is 1. The fourth-order valence-corrected chi connectivity index (χ4v) is 6.88. The average Bonchev–Trinajstić information content (AvgIpc) is 3.40. The zero-order chi connectivity index (χ0) is 29.7. The minimum Gasteiger partial charge on any atom is -0.377 e. The number of carbonyl (C=O) groups excluding carboxylic acids is 1. The molecule has 1 aromatic carbocycles. The van der Waals surface area contributed by atoms with Crippen molar-refractivity contribution in [2.45, 2.75) is 111 Å². The third kappa shape index (κ3) is 8.21. The average molecular weight is 576 g/mol. The van der Waals surface area contributed by atoms with E-state index in [1.54, 1.807) is 0 Å². The van der Waals surface area contributed by atoms with Crippen LogP contribution in [-0.4, -0.2) is 54.6 Å². The second-order valence-electron chi connectivity index (χ2n) is 14.8. The molecule has 0 amide bonds. The highest BCUT2D eigenvalue weighted by Gasteiger charge is 2.38. The number of pyridine rings is 1. The Morgan fingerprint density at radius 3 is 2.83 bits per heavy atom. The maximum Gasteiger partial charge on any atom is 0.155 e. The van der Waals surface area contributed by atoms with E-state index in [-0.39, 0.29) is 29.1 Å². The minimum atomic E-state index is -0.258. The molecule has 4 heterocycles. The van der Waals surface area contributed by atoms with E-state index in [9.17, 15) is 4.79 Å². The standard InChI is InChI=1S/C36H53N3O3/c1-35(2,3)23-31(40)33(30-14-7-6-13-29(30)32-24-36(4,5)18-22-42-32)39-20-17-28(25-39)41-21-9-8-12-27-16-15-26-11-10-19-37-34(26)38-27/h6-7,13-16,28,32-33H,8-12,17-25H2,1-5H3,(H,37,38)/t28-,32?,33?/m1/s1. The Morgan fingerprint density at radius 1 is 1.19 bits per heavy atom. The van der Waals surface area contributed by atoms with Gasteiger partial charge in [0.2, 0.25) is 0 Å². The third-order valence-electron chi connectivity index (χ3n) is 9.16. The number of hydrogen-bond donors (Lipinski definition) is 1. The molecular weight excluding hydrogens is 522 g/mol. The van der Waals surface area contributed by atoms with Gasteiger partial charge in [-0.3, -0.25) is 9.69 Å². The van der Waals surface area contributed by atoms with E-state index in [2.05, 4.69) is 81.2 Å². The smallest absolute Gasteiger partial charge is 0.155 e. The van der Waals surface area contributed by atoms with E-state index in [0.29, 0.717) is 12.2 Å². The van der Waals surface area contributed by atoms with Gasteiger partial charge in [-0.2, -0.15) is 0 Å². The highest BCUT2D eigenvalue weighted by atomic mass is 16.5. The van der Waals surface area contributed by atoms with Crippen LogP contribution in [0.4, 0.5) is 5.82 Å². The number of ether oxygens (including phenoxy) is 2. The van der Waals surface area contributed by atoms with Crippen LogP contribution in [0.25, 0.3) is 0 Å². The summed E-state index contributed by atoms with van der Waals surface area (Å²) in [7, 11) is 0. The quantitative estimate of drug-likeness (QED) is 0.280. The van der Waals surface area contributed by atoms with Crippen molar-refractivity contribution in [2.24, 2.45) is 10.8 Å². The molecule has 2 saturated heterocycles. The summed E-state index contributed by atoms with van der Waals surface area (Å²) in [4.78, 5) is 21.2. The molecule has 6 nitrogen and oxygen atoms in total. The van der Waals surface area contributed by atoms with Crippen LogP contribution in [0.3, 0.4) is 0 Å². The number of carbonyl (C=O) groups is 1. The van der Waals surface area contributed by atoms with Crippen molar-refractivity contribution >= 4 is 11.6 Å². The second-order valence-corrected chi connectivity index (χ2v) is 14.8.